The molecule has 1 atom stereocenters. The van der Waals surface area contributed by atoms with Crippen molar-refractivity contribution in [3.8, 4) is 0 Å². The first-order valence-electron chi connectivity index (χ1n) is 4.80. The summed E-state index contributed by atoms with van der Waals surface area (Å²) in [6, 6.07) is 1.57. The lowest BCUT2D eigenvalue weighted by molar-refractivity contribution is -0.140. The van der Waals surface area contributed by atoms with E-state index in [2.05, 4.69) is 21.2 Å². The zero-order chi connectivity index (χ0) is 13.7. The molecule has 0 bridgehead atoms. The molecule has 1 aromatic carbocycles. The summed E-state index contributed by atoms with van der Waals surface area (Å²) in [4.78, 5) is 21.9. The molecule has 0 saturated heterocycles. The molecule has 1 rings (SSSR count). The standard InChI is InChI=1S/C10H10BrFN2O4/c11-6-3-5(1-2-7(6)12)13-10(18)14-8(4-15)9(16)17/h1-3,8,15H,4H2,(H,16,17)(H2,13,14,18)/t8-/m1/s1. The van der Waals surface area contributed by atoms with Gasteiger partial charge in [0.05, 0.1) is 11.1 Å². The number of nitrogens with one attached hydrogen (secondary N) is 2. The second kappa shape index (κ2) is 6.31. The van der Waals surface area contributed by atoms with Crippen molar-refractivity contribution in [1.82, 2.24) is 5.32 Å². The van der Waals surface area contributed by atoms with Gasteiger partial charge >= 0.3 is 12.0 Å². The highest BCUT2D eigenvalue weighted by Gasteiger charge is 2.18. The molecule has 0 aliphatic heterocycles. The summed E-state index contributed by atoms with van der Waals surface area (Å²) in [7, 11) is 0. The van der Waals surface area contributed by atoms with Crippen molar-refractivity contribution in [3.05, 3.63) is 28.5 Å². The molecule has 0 aliphatic carbocycles. The summed E-state index contributed by atoms with van der Waals surface area (Å²) < 4.78 is 13.1. The van der Waals surface area contributed by atoms with Crippen molar-refractivity contribution in [1.29, 1.82) is 0 Å². The molecular weight excluding hydrogens is 311 g/mol. The fourth-order valence-corrected chi connectivity index (χ4v) is 1.46. The van der Waals surface area contributed by atoms with Crippen LogP contribution < -0.4 is 10.6 Å². The van der Waals surface area contributed by atoms with Crippen LogP contribution in [-0.4, -0.2) is 34.9 Å². The molecule has 98 valence electrons. The number of carboxylic acids is 1. The number of carbonyl (C=O) groups is 2. The van der Waals surface area contributed by atoms with E-state index in [0.717, 1.165) is 6.07 Å². The van der Waals surface area contributed by atoms with Crippen molar-refractivity contribution < 1.29 is 24.2 Å². The van der Waals surface area contributed by atoms with Gasteiger partial charge in [-0.2, -0.15) is 0 Å². The van der Waals surface area contributed by atoms with Crippen LogP contribution in [0.3, 0.4) is 0 Å². The number of hydrogen-bond donors (Lipinski definition) is 4. The van der Waals surface area contributed by atoms with Crippen LogP contribution in [0.2, 0.25) is 0 Å². The van der Waals surface area contributed by atoms with Crippen molar-refractivity contribution >= 4 is 33.6 Å². The SMILES string of the molecule is O=C(Nc1ccc(F)c(Br)c1)N[C@H](CO)C(=O)O. The first-order valence-corrected chi connectivity index (χ1v) is 5.59. The predicted molar refractivity (Wildman–Crippen MR) is 64.8 cm³/mol. The monoisotopic (exact) mass is 320 g/mol. The van der Waals surface area contributed by atoms with Crippen LogP contribution in [0.1, 0.15) is 0 Å². The van der Waals surface area contributed by atoms with Crippen LogP contribution in [0.25, 0.3) is 0 Å². The van der Waals surface area contributed by atoms with Crippen molar-refractivity contribution in [3.63, 3.8) is 0 Å². The zero-order valence-corrected chi connectivity index (χ0v) is 10.6. The average Bonchev–Trinajstić information content (AvgIpc) is 2.30. The number of anilines is 1. The Morgan fingerprint density at radius 3 is 2.61 bits per heavy atom. The van der Waals surface area contributed by atoms with Crippen LogP contribution in [0, 0.1) is 5.82 Å². The van der Waals surface area contributed by atoms with E-state index in [9.17, 15) is 14.0 Å². The number of rotatable bonds is 4. The van der Waals surface area contributed by atoms with E-state index in [4.69, 9.17) is 10.2 Å². The van der Waals surface area contributed by atoms with Gasteiger partial charge in [-0.05, 0) is 34.1 Å². The smallest absolute Gasteiger partial charge is 0.328 e. The molecule has 0 radical (unpaired) electrons. The minimum absolute atomic E-state index is 0.164. The fraction of sp³-hybridized carbons (Fsp3) is 0.200. The fourth-order valence-electron chi connectivity index (χ4n) is 1.08. The topological polar surface area (TPSA) is 98.7 Å². The third-order valence-corrected chi connectivity index (χ3v) is 2.57. The van der Waals surface area contributed by atoms with Crippen LogP contribution in [-0.2, 0) is 4.79 Å². The maximum Gasteiger partial charge on any atom is 0.328 e. The van der Waals surface area contributed by atoms with E-state index in [1.54, 1.807) is 0 Å². The summed E-state index contributed by atoms with van der Waals surface area (Å²) in [6.45, 7) is -0.726. The highest BCUT2D eigenvalue weighted by Crippen LogP contribution is 2.19. The summed E-state index contributed by atoms with van der Waals surface area (Å²) in [5.74, 6) is -1.84. The molecule has 0 unspecified atom stereocenters. The highest BCUT2D eigenvalue weighted by molar-refractivity contribution is 9.10. The maximum atomic E-state index is 12.9. The molecular formula is C10H10BrFN2O4. The zero-order valence-electron chi connectivity index (χ0n) is 8.98. The number of carbonyl (C=O) groups excluding carboxylic acids is 1. The van der Waals surface area contributed by atoms with E-state index in [0.29, 0.717) is 0 Å². The number of benzene rings is 1. The van der Waals surface area contributed by atoms with Crippen molar-refractivity contribution in [2.45, 2.75) is 6.04 Å². The number of aliphatic carboxylic acids is 1. The third-order valence-electron chi connectivity index (χ3n) is 1.96. The molecule has 0 saturated carbocycles. The van der Waals surface area contributed by atoms with Gasteiger partial charge in [0.15, 0.2) is 6.04 Å². The number of carboxylic acid groups (broad SMARTS) is 1. The second-order valence-corrected chi connectivity index (χ2v) is 4.16. The van der Waals surface area contributed by atoms with Gasteiger partial charge in [-0.25, -0.2) is 14.0 Å². The molecule has 1 aromatic rings. The van der Waals surface area contributed by atoms with Crippen LogP contribution >= 0.6 is 15.9 Å². The minimum atomic E-state index is -1.39. The molecule has 0 heterocycles. The van der Waals surface area contributed by atoms with Gasteiger partial charge in [0.25, 0.3) is 0 Å². The number of aliphatic hydroxyl groups excluding tert-OH is 1. The Kier molecular flexibility index (Phi) is 5.05. The molecule has 6 nitrogen and oxygen atoms in total. The molecule has 0 aromatic heterocycles. The maximum absolute atomic E-state index is 12.9. The number of aliphatic hydroxyl groups is 1. The molecule has 0 aliphatic rings. The van der Waals surface area contributed by atoms with Gasteiger partial charge in [0, 0.05) is 5.69 Å². The number of halogens is 2. The minimum Gasteiger partial charge on any atom is -0.480 e. The van der Waals surface area contributed by atoms with E-state index >= 15 is 0 Å². The molecule has 8 heteroatoms. The van der Waals surface area contributed by atoms with Gasteiger partial charge in [0.2, 0.25) is 0 Å². The van der Waals surface area contributed by atoms with Gasteiger partial charge < -0.3 is 20.8 Å². The molecule has 0 spiro atoms. The average molecular weight is 321 g/mol. The Balaban J connectivity index is 2.64. The second-order valence-electron chi connectivity index (χ2n) is 3.30. The van der Waals surface area contributed by atoms with Crippen LogP contribution in [0.5, 0.6) is 0 Å². The number of hydrogen-bond acceptors (Lipinski definition) is 3. The van der Waals surface area contributed by atoms with Crippen molar-refractivity contribution in [2.24, 2.45) is 0 Å². The van der Waals surface area contributed by atoms with E-state index in [1.165, 1.54) is 12.1 Å². The Hall–Kier alpha value is -1.67. The Morgan fingerprint density at radius 2 is 2.11 bits per heavy atom. The normalized spacial score (nSPS) is 11.7. The summed E-state index contributed by atoms with van der Waals surface area (Å²) in [6.07, 6.45) is 0. The van der Waals surface area contributed by atoms with Gasteiger partial charge in [-0.1, -0.05) is 0 Å². The van der Waals surface area contributed by atoms with E-state index in [-0.39, 0.29) is 10.2 Å². The third kappa shape index (κ3) is 3.97. The van der Waals surface area contributed by atoms with Crippen LogP contribution in [0.4, 0.5) is 14.9 Å². The largest absolute Gasteiger partial charge is 0.480 e. The van der Waals surface area contributed by atoms with Crippen LogP contribution in [0.15, 0.2) is 22.7 Å². The Bertz CT molecular complexity index is 469. The predicted octanol–water partition coefficient (Wildman–Crippen LogP) is 1.16. The summed E-state index contributed by atoms with van der Waals surface area (Å²) >= 11 is 2.94. The first-order chi connectivity index (χ1) is 8.43. The van der Waals surface area contributed by atoms with E-state index in [1.807, 2.05) is 5.32 Å². The molecule has 4 N–H and O–H groups in total. The lowest BCUT2D eigenvalue weighted by Gasteiger charge is -2.12. The number of amides is 2. The number of urea groups is 1. The first kappa shape index (κ1) is 14.4. The van der Waals surface area contributed by atoms with E-state index < -0.39 is 30.5 Å². The highest BCUT2D eigenvalue weighted by atomic mass is 79.9. The van der Waals surface area contributed by atoms with Gasteiger partial charge in [-0.3, -0.25) is 0 Å². The van der Waals surface area contributed by atoms with Crippen molar-refractivity contribution in [2.75, 3.05) is 11.9 Å². The van der Waals surface area contributed by atoms with Gasteiger partial charge in [0.1, 0.15) is 5.82 Å². The van der Waals surface area contributed by atoms with Gasteiger partial charge in [-0.15, -0.1) is 0 Å². The Labute approximate surface area is 110 Å². The molecule has 0 fully saturated rings. The molecule has 2 amide bonds. The summed E-state index contributed by atoms with van der Waals surface area (Å²) in [5.41, 5.74) is 0.280. The summed E-state index contributed by atoms with van der Waals surface area (Å²) in [5, 5.41) is 21.7. The lowest BCUT2D eigenvalue weighted by atomic mass is 10.3. The molecule has 18 heavy (non-hydrogen) atoms. The quantitative estimate of drug-likeness (QED) is 0.669. The lowest BCUT2D eigenvalue weighted by Crippen LogP contribution is -2.45. The Morgan fingerprint density at radius 1 is 1.44 bits per heavy atom.